The lowest BCUT2D eigenvalue weighted by molar-refractivity contribution is 0.121. The monoisotopic (exact) mass is 222 g/mol. The molecule has 0 aromatic carbocycles. The van der Waals surface area contributed by atoms with Crippen molar-refractivity contribution in [2.45, 2.75) is 51.6 Å². The molecule has 2 heteroatoms. The Morgan fingerprint density at radius 1 is 1.00 bits per heavy atom. The molecule has 0 spiro atoms. The third kappa shape index (κ3) is 1.80. The number of rotatable bonds is 1. The van der Waals surface area contributed by atoms with Gasteiger partial charge >= 0.3 is 0 Å². The maximum Gasteiger partial charge on any atom is 0.0114 e. The molecule has 2 heterocycles. The first-order valence-corrected chi connectivity index (χ1v) is 7.22. The predicted octanol–water partition coefficient (Wildman–Crippen LogP) is 2.10. The molecule has 0 aromatic heterocycles. The summed E-state index contributed by atoms with van der Waals surface area (Å²) in [7, 11) is 0. The topological polar surface area (TPSA) is 15.3 Å². The van der Waals surface area contributed by atoms with E-state index >= 15 is 0 Å². The number of hydrogen-bond acceptors (Lipinski definition) is 2. The van der Waals surface area contributed by atoms with Gasteiger partial charge in [-0.1, -0.05) is 6.92 Å². The Bertz CT molecular complexity index is 245. The lowest BCUT2D eigenvalue weighted by Crippen LogP contribution is -2.42. The van der Waals surface area contributed by atoms with Gasteiger partial charge in [0.05, 0.1) is 0 Å². The van der Waals surface area contributed by atoms with Crippen molar-refractivity contribution in [2.24, 2.45) is 17.8 Å². The molecule has 0 bridgehead atoms. The van der Waals surface area contributed by atoms with Crippen LogP contribution in [-0.4, -0.2) is 36.6 Å². The Kier molecular flexibility index (Phi) is 2.97. The van der Waals surface area contributed by atoms with Gasteiger partial charge in [0.2, 0.25) is 0 Å². The van der Waals surface area contributed by atoms with Crippen LogP contribution in [0.2, 0.25) is 0 Å². The summed E-state index contributed by atoms with van der Waals surface area (Å²) in [5, 5.41) is 3.56. The molecule has 2 saturated heterocycles. The number of fused-ring (bicyclic) bond motifs is 1. The molecule has 92 valence electrons. The molecule has 1 N–H and O–H groups in total. The molecule has 2 aliphatic heterocycles. The summed E-state index contributed by atoms with van der Waals surface area (Å²) in [4.78, 5) is 2.85. The molecule has 0 aromatic rings. The van der Waals surface area contributed by atoms with Crippen LogP contribution in [0.3, 0.4) is 0 Å². The molecule has 16 heavy (non-hydrogen) atoms. The molecule has 3 fully saturated rings. The lowest BCUT2D eigenvalue weighted by atomic mass is 9.86. The molecule has 3 atom stereocenters. The number of nitrogens with zero attached hydrogens (tertiary/aromatic N) is 1. The van der Waals surface area contributed by atoms with Gasteiger partial charge in [-0.2, -0.15) is 0 Å². The normalized spacial score (nSPS) is 49.5. The van der Waals surface area contributed by atoms with Gasteiger partial charge in [-0.15, -0.1) is 0 Å². The van der Waals surface area contributed by atoms with E-state index in [4.69, 9.17) is 0 Å². The van der Waals surface area contributed by atoms with Crippen LogP contribution < -0.4 is 5.32 Å². The van der Waals surface area contributed by atoms with E-state index < -0.39 is 0 Å². The van der Waals surface area contributed by atoms with Crippen molar-refractivity contribution in [1.82, 2.24) is 10.2 Å². The predicted molar refractivity (Wildman–Crippen MR) is 67.4 cm³/mol. The number of hydrogen-bond donors (Lipinski definition) is 1. The van der Waals surface area contributed by atoms with Gasteiger partial charge in [0.25, 0.3) is 0 Å². The second-order valence-electron chi connectivity index (χ2n) is 6.43. The largest absolute Gasteiger partial charge is 0.316 e. The summed E-state index contributed by atoms with van der Waals surface area (Å²) in [6.07, 6.45) is 5.83. The third-order valence-corrected chi connectivity index (χ3v) is 5.43. The van der Waals surface area contributed by atoms with Crippen molar-refractivity contribution in [3.63, 3.8) is 0 Å². The fraction of sp³-hybridized carbons (Fsp3) is 1.00. The summed E-state index contributed by atoms with van der Waals surface area (Å²) in [6, 6.07) is 1.75. The molecule has 1 saturated carbocycles. The number of likely N-dealkylation sites (tertiary alicyclic amines) is 1. The quantitative estimate of drug-likeness (QED) is 0.731. The Balaban J connectivity index is 1.63. The molecular formula is C14H26N2. The van der Waals surface area contributed by atoms with Crippen molar-refractivity contribution in [1.29, 1.82) is 0 Å². The molecule has 3 rings (SSSR count). The molecule has 3 aliphatic rings. The van der Waals surface area contributed by atoms with E-state index in [0.29, 0.717) is 0 Å². The van der Waals surface area contributed by atoms with Crippen molar-refractivity contribution >= 4 is 0 Å². The Hall–Kier alpha value is -0.0800. The minimum Gasteiger partial charge on any atom is -0.316 e. The van der Waals surface area contributed by atoms with E-state index in [1.54, 1.807) is 0 Å². The average Bonchev–Trinajstić information content (AvgIpc) is 2.84. The SMILES string of the molecule is CC1CCC(N2CC3CNCC3C2C)CC1. The van der Waals surface area contributed by atoms with Crippen LogP contribution in [0.1, 0.15) is 39.5 Å². The third-order valence-electron chi connectivity index (χ3n) is 5.43. The van der Waals surface area contributed by atoms with Crippen LogP contribution in [0.5, 0.6) is 0 Å². The lowest BCUT2D eigenvalue weighted by Gasteiger charge is -2.37. The van der Waals surface area contributed by atoms with E-state index in [2.05, 4.69) is 24.1 Å². The molecule has 2 nitrogen and oxygen atoms in total. The summed E-state index contributed by atoms with van der Waals surface area (Å²) in [6.45, 7) is 8.80. The van der Waals surface area contributed by atoms with Crippen LogP contribution in [0.25, 0.3) is 0 Å². The molecular weight excluding hydrogens is 196 g/mol. The first-order chi connectivity index (χ1) is 7.75. The van der Waals surface area contributed by atoms with E-state index in [0.717, 1.165) is 29.8 Å². The van der Waals surface area contributed by atoms with Crippen LogP contribution in [-0.2, 0) is 0 Å². The van der Waals surface area contributed by atoms with E-state index in [1.165, 1.54) is 45.3 Å². The minimum absolute atomic E-state index is 0.832. The van der Waals surface area contributed by atoms with Crippen molar-refractivity contribution < 1.29 is 0 Å². The second kappa shape index (κ2) is 4.30. The van der Waals surface area contributed by atoms with Crippen molar-refractivity contribution in [3.8, 4) is 0 Å². The van der Waals surface area contributed by atoms with E-state index in [9.17, 15) is 0 Å². The highest BCUT2D eigenvalue weighted by atomic mass is 15.2. The molecule has 1 aliphatic carbocycles. The van der Waals surface area contributed by atoms with Crippen LogP contribution in [0.15, 0.2) is 0 Å². The summed E-state index contributed by atoms with van der Waals surface area (Å²) in [5.41, 5.74) is 0. The fourth-order valence-electron chi connectivity index (χ4n) is 4.26. The standard InChI is InChI=1S/C14H26N2/c1-10-3-5-13(6-4-10)16-9-12-7-15-8-14(12)11(16)2/h10-15H,3-9H2,1-2H3. The highest BCUT2D eigenvalue weighted by molar-refractivity contribution is 4.99. The average molecular weight is 222 g/mol. The van der Waals surface area contributed by atoms with E-state index in [-0.39, 0.29) is 0 Å². The highest BCUT2D eigenvalue weighted by Gasteiger charge is 2.44. The zero-order valence-electron chi connectivity index (χ0n) is 10.8. The number of nitrogens with one attached hydrogen (secondary N) is 1. The maximum atomic E-state index is 3.56. The Morgan fingerprint density at radius 2 is 1.75 bits per heavy atom. The summed E-state index contributed by atoms with van der Waals surface area (Å²) >= 11 is 0. The Labute approximate surface area is 99.8 Å². The summed E-state index contributed by atoms with van der Waals surface area (Å²) in [5.74, 6) is 2.88. The fourth-order valence-corrected chi connectivity index (χ4v) is 4.26. The van der Waals surface area contributed by atoms with Crippen LogP contribution in [0, 0.1) is 17.8 Å². The molecule has 3 unspecified atom stereocenters. The second-order valence-corrected chi connectivity index (χ2v) is 6.43. The van der Waals surface area contributed by atoms with Crippen LogP contribution in [0.4, 0.5) is 0 Å². The van der Waals surface area contributed by atoms with Crippen molar-refractivity contribution in [3.05, 3.63) is 0 Å². The van der Waals surface area contributed by atoms with E-state index in [1.807, 2.05) is 0 Å². The van der Waals surface area contributed by atoms with Crippen LogP contribution >= 0.6 is 0 Å². The van der Waals surface area contributed by atoms with Gasteiger partial charge < -0.3 is 5.32 Å². The first-order valence-electron chi connectivity index (χ1n) is 7.22. The van der Waals surface area contributed by atoms with Gasteiger partial charge in [0.15, 0.2) is 0 Å². The minimum atomic E-state index is 0.832. The smallest absolute Gasteiger partial charge is 0.0114 e. The van der Waals surface area contributed by atoms with Gasteiger partial charge in [-0.05, 0) is 63.5 Å². The zero-order valence-corrected chi connectivity index (χ0v) is 10.8. The first kappa shape index (κ1) is 11.0. The molecule has 0 amide bonds. The van der Waals surface area contributed by atoms with Gasteiger partial charge in [-0.3, -0.25) is 4.90 Å². The van der Waals surface area contributed by atoms with Gasteiger partial charge in [0.1, 0.15) is 0 Å². The van der Waals surface area contributed by atoms with Gasteiger partial charge in [-0.25, -0.2) is 0 Å². The van der Waals surface area contributed by atoms with Crippen molar-refractivity contribution in [2.75, 3.05) is 19.6 Å². The molecule has 0 radical (unpaired) electrons. The zero-order chi connectivity index (χ0) is 11.1. The summed E-state index contributed by atoms with van der Waals surface area (Å²) < 4.78 is 0. The highest BCUT2D eigenvalue weighted by Crippen LogP contribution is 2.37. The Morgan fingerprint density at radius 3 is 2.44 bits per heavy atom. The maximum absolute atomic E-state index is 3.56. The van der Waals surface area contributed by atoms with Gasteiger partial charge in [0, 0.05) is 18.6 Å².